The number of likely N-dealkylation sites (tertiary alicyclic amines) is 2. The van der Waals surface area contributed by atoms with Crippen LogP contribution in [-0.4, -0.2) is 53.8 Å². The van der Waals surface area contributed by atoms with Crippen LogP contribution in [0.25, 0.3) is 0 Å². The van der Waals surface area contributed by atoms with E-state index in [2.05, 4.69) is 10.6 Å². The van der Waals surface area contributed by atoms with Crippen LogP contribution in [0.5, 0.6) is 0 Å². The maximum absolute atomic E-state index is 13.6. The summed E-state index contributed by atoms with van der Waals surface area (Å²) in [5.74, 6) is -0.184. The van der Waals surface area contributed by atoms with Gasteiger partial charge in [-0.2, -0.15) is 0 Å². The van der Waals surface area contributed by atoms with Crippen molar-refractivity contribution in [1.82, 2.24) is 15.1 Å². The van der Waals surface area contributed by atoms with Crippen LogP contribution in [0, 0.1) is 5.41 Å². The van der Waals surface area contributed by atoms with Gasteiger partial charge in [-0.05, 0) is 97.5 Å². The van der Waals surface area contributed by atoms with Crippen molar-refractivity contribution in [2.75, 3.05) is 31.5 Å². The van der Waals surface area contributed by atoms with Gasteiger partial charge >= 0.3 is 6.03 Å². The first-order valence-electron chi connectivity index (χ1n) is 14.7. The van der Waals surface area contributed by atoms with E-state index in [0.29, 0.717) is 58.1 Å². The summed E-state index contributed by atoms with van der Waals surface area (Å²) in [5, 5.41) is 7.36. The largest absolute Gasteiger partial charge is 0.345 e. The molecular weight excluding hydrogens is 607 g/mol. The fraction of sp³-hybridized carbons (Fsp3) is 0.364. The minimum absolute atomic E-state index is 0.0254. The summed E-state index contributed by atoms with van der Waals surface area (Å²) in [6.45, 7) is 2.71. The number of carbonyl (C=O) groups excluding carboxylic acids is 3. The van der Waals surface area contributed by atoms with E-state index in [-0.39, 0.29) is 29.3 Å². The Morgan fingerprint density at radius 2 is 1.49 bits per heavy atom. The third-order valence-electron chi connectivity index (χ3n) is 9.29. The number of carbonyl (C=O) groups is 3. The zero-order valence-corrected chi connectivity index (χ0v) is 25.9. The van der Waals surface area contributed by atoms with E-state index in [1.54, 1.807) is 42.5 Å². The molecule has 0 aromatic heterocycles. The van der Waals surface area contributed by atoms with Crippen molar-refractivity contribution in [2.24, 2.45) is 5.41 Å². The van der Waals surface area contributed by atoms with Gasteiger partial charge in [-0.25, -0.2) is 4.79 Å². The summed E-state index contributed by atoms with van der Waals surface area (Å²) >= 11 is 18.4. The molecule has 0 radical (unpaired) electrons. The molecule has 3 aromatic carbocycles. The molecule has 0 saturated carbocycles. The molecule has 7 nitrogen and oxygen atoms in total. The molecule has 4 amide bonds. The van der Waals surface area contributed by atoms with Gasteiger partial charge in [0.05, 0.1) is 27.3 Å². The molecule has 2 fully saturated rings. The molecule has 3 aliphatic rings. The second kappa shape index (κ2) is 12.4. The van der Waals surface area contributed by atoms with Gasteiger partial charge in [0.1, 0.15) is 0 Å². The van der Waals surface area contributed by atoms with Crippen molar-refractivity contribution in [3.05, 3.63) is 98.0 Å². The van der Waals surface area contributed by atoms with Gasteiger partial charge in [0, 0.05) is 36.8 Å². The van der Waals surface area contributed by atoms with Gasteiger partial charge in [-0.1, -0.05) is 53.0 Å². The highest BCUT2D eigenvalue weighted by Gasteiger charge is 2.40. The predicted molar refractivity (Wildman–Crippen MR) is 170 cm³/mol. The Bertz CT molecular complexity index is 1560. The monoisotopic (exact) mass is 638 g/mol. The fourth-order valence-electron chi connectivity index (χ4n) is 6.60. The Morgan fingerprint density at radius 3 is 2.19 bits per heavy atom. The van der Waals surface area contributed by atoms with Crippen molar-refractivity contribution in [1.29, 1.82) is 0 Å². The summed E-state index contributed by atoms with van der Waals surface area (Å²) in [6.07, 6.45) is 5.28. The Balaban J connectivity index is 1.03. The standard InChI is InChI=1S/C33H33Cl3N4O3/c34-23-8-10-29(27(36)20-23)38-32(43)40-17-13-33(14-18-40)11-15-39(16-12-33)31(42)22-6-5-21-7-9-28(25(21)19-22)37-30(41)24-3-1-2-4-26(24)35/h1-6,8,10,19-20,28H,7,9,11-18H2,(H,37,41)(H,38,43). The number of nitrogens with one attached hydrogen (secondary N) is 2. The smallest absolute Gasteiger partial charge is 0.321 e. The van der Waals surface area contributed by atoms with Crippen LogP contribution < -0.4 is 10.6 Å². The lowest BCUT2D eigenvalue weighted by Crippen LogP contribution is -2.50. The van der Waals surface area contributed by atoms with Crippen LogP contribution in [0.4, 0.5) is 10.5 Å². The highest BCUT2D eigenvalue weighted by Crippen LogP contribution is 2.42. The van der Waals surface area contributed by atoms with E-state index < -0.39 is 0 Å². The van der Waals surface area contributed by atoms with Gasteiger partial charge in [-0.3, -0.25) is 9.59 Å². The Hall–Kier alpha value is -3.26. The van der Waals surface area contributed by atoms with Crippen molar-refractivity contribution < 1.29 is 14.4 Å². The van der Waals surface area contributed by atoms with Gasteiger partial charge in [0.25, 0.3) is 11.8 Å². The van der Waals surface area contributed by atoms with Gasteiger partial charge in [0.2, 0.25) is 0 Å². The molecule has 6 rings (SSSR count). The minimum atomic E-state index is -0.209. The lowest BCUT2D eigenvalue weighted by Gasteiger charge is -2.46. The van der Waals surface area contributed by atoms with E-state index in [0.717, 1.165) is 49.7 Å². The highest BCUT2D eigenvalue weighted by molar-refractivity contribution is 6.36. The normalized spacial score (nSPS) is 19.2. The molecule has 1 unspecified atom stereocenters. The van der Waals surface area contributed by atoms with Crippen LogP contribution in [0.2, 0.25) is 15.1 Å². The second-order valence-electron chi connectivity index (χ2n) is 11.8. The van der Waals surface area contributed by atoms with Crippen LogP contribution in [0.3, 0.4) is 0 Å². The maximum Gasteiger partial charge on any atom is 0.321 e. The van der Waals surface area contributed by atoms with Gasteiger partial charge in [0.15, 0.2) is 0 Å². The fourth-order valence-corrected chi connectivity index (χ4v) is 7.28. The molecule has 224 valence electrons. The van der Waals surface area contributed by atoms with E-state index in [1.807, 2.05) is 28.0 Å². The second-order valence-corrected chi connectivity index (χ2v) is 13.0. The SMILES string of the molecule is O=C(NC1CCc2ccc(C(=O)N3CCC4(CCN(C(=O)Nc5ccc(Cl)cc5Cl)CC4)CC3)cc21)c1ccccc1Cl. The maximum atomic E-state index is 13.6. The number of rotatable bonds is 4. The Kier molecular flexibility index (Phi) is 8.58. The number of hydrogen-bond acceptors (Lipinski definition) is 3. The summed E-state index contributed by atoms with van der Waals surface area (Å²) in [5.41, 5.74) is 3.95. The molecule has 1 atom stereocenters. The minimum Gasteiger partial charge on any atom is -0.345 e. The summed E-state index contributed by atoms with van der Waals surface area (Å²) < 4.78 is 0. The van der Waals surface area contributed by atoms with E-state index in [9.17, 15) is 14.4 Å². The Labute approximate surface area is 266 Å². The molecule has 2 N–H and O–H groups in total. The third kappa shape index (κ3) is 6.35. The predicted octanol–water partition coefficient (Wildman–Crippen LogP) is 7.61. The van der Waals surface area contributed by atoms with Crippen molar-refractivity contribution in [2.45, 2.75) is 44.6 Å². The van der Waals surface area contributed by atoms with Crippen molar-refractivity contribution >= 4 is 58.3 Å². The number of anilines is 1. The lowest BCUT2D eigenvalue weighted by molar-refractivity contribution is 0.0380. The summed E-state index contributed by atoms with van der Waals surface area (Å²) in [7, 11) is 0. The van der Waals surface area contributed by atoms with Crippen LogP contribution in [-0.2, 0) is 6.42 Å². The van der Waals surface area contributed by atoms with Gasteiger partial charge in [-0.15, -0.1) is 0 Å². The average Bonchev–Trinajstić information content (AvgIpc) is 3.41. The number of halogens is 3. The zero-order chi connectivity index (χ0) is 30.1. The van der Waals surface area contributed by atoms with E-state index in [1.165, 1.54) is 0 Å². The number of fused-ring (bicyclic) bond motifs is 1. The quantitative estimate of drug-likeness (QED) is 0.308. The molecule has 0 bridgehead atoms. The van der Waals surface area contributed by atoms with Crippen molar-refractivity contribution in [3.63, 3.8) is 0 Å². The molecule has 1 aliphatic carbocycles. The topological polar surface area (TPSA) is 81.8 Å². The van der Waals surface area contributed by atoms with E-state index in [4.69, 9.17) is 34.8 Å². The van der Waals surface area contributed by atoms with E-state index >= 15 is 0 Å². The van der Waals surface area contributed by atoms with Crippen LogP contribution in [0.15, 0.2) is 60.7 Å². The zero-order valence-electron chi connectivity index (χ0n) is 23.7. The molecule has 10 heteroatoms. The number of benzene rings is 3. The molecule has 2 saturated heterocycles. The molecule has 1 spiro atoms. The van der Waals surface area contributed by atoms with Gasteiger partial charge < -0.3 is 20.4 Å². The molecular formula is C33H33Cl3N4O3. The third-order valence-corrected chi connectivity index (χ3v) is 10.2. The summed E-state index contributed by atoms with van der Waals surface area (Å²) in [4.78, 5) is 43.1. The number of amides is 4. The number of piperidine rings is 2. The van der Waals surface area contributed by atoms with Crippen LogP contribution >= 0.6 is 34.8 Å². The summed E-state index contributed by atoms with van der Waals surface area (Å²) in [6, 6.07) is 17.6. The number of hydrogen-bond donors (Lipinski definition) is 2. The first-order chi connectivity index (χ1) is 20.7. The number of aryl methyl sites for hydroxylation is 1. The van der Waals surface area contributed by atoms with Crippen LogP contribution in [0.1, 0.15) is 70.0 Å². The molecule has 43 heavy (non-hydrogen) atoms. The molecule has 2 heterocycles. The van der Waals surface area contributed by atoms with Crippen molar-refractivity contribution in [3.8, 4) is 0 Å². The highest BCUT2D eigenvalue weighted by atomic mass is 35.5. The number of nitrogens with zero attached hydrogens (tertiary/aromatic N) is 2. The molecule has 2 aliphatic heterocycles. The lowest BCUT2D eigenvalue weighted by atomic mass is 9.71. The first-order valence-corrected chi connectivity index (χ1v) is 15.8. The average molecular weight is 640 g/mol. The first kappa shape index (κ1) is 29.8. The Morgan fingerprint density at radius 1 is 0.791 bits per heavy atom. The molecule has 3 aromatic rings. The number of urea groups is 1.